The number of benzene rings is 2. The van der Waals surface area contributed by atoms with E-state index in [1.54, 1.807) is 42.7 Å². The summed E-state index contributed by atoms with van der Waals surface area (Å²) in [6.45, 7) is 0. The zero-order chi connectivity index (χ0) is 26.4. The molecule has 1 aliphatic rings. The van der Waals surface area contributed by atoms with Crippen molar-refractivity contribution in [3.05, 3.63) is 71.0 Å². The molecule has 0 bridgehead atoms. The SMILES string of the molecule is COc1cc(NS(=O)(=O)c2ccccc2Cl)ccc1/C=C/c1cnc(NC2CCC(N(C)C)CC2)nc1. The molecule has 0 saturated heterocycles. The van der Waals surface area contributed by atoms with Crippen LogP contribution < -0.4 is 14.8 Å². The number of nitrogens with one attached hydrogen (secondary N) is 2. The van der Waals surface area contributed by atoms with E-state index in [1.807, 2.05) is 12.2 Å². The molecular formula is C27H32ClN5O3S. The van der Waals surface area contributed by atoms with Gasteiger partial charge in [0.05, 0.1) is 17.8 Å². The zero-order valence-electron chi connectivity index (χ0n) is 21.2. The van der Waals surface area contributed by atoms with Crippen LogP contribution in [0.25, 0.3) is 12.2 Å². The molecule has 0 aliphatic heterocycles. The lowest BCUT2D eigenvalue weighted by molar-refractivity contribution is 0.221. The molecule has 2 N–H and O–H groups in total. The summed E-state index contributed by atoms with van der Waals surface area (Å²) in [5, 5.41) is 3.60. The molecule has 196 valence electrons. The number of sulfonamides is 1. The van der Waals surface area contributed by atoms with Gasteiger partial charge in [0.15, 0.2) is 0 Å². The van der Waals surface area contributed by atoms with E-state index < -0.39 is 10.0 Å². The maximum absolute atomic E-state index is 12.7. The molecule has 1 fully saturated rings. The molecule has 37 heavy (non-hydrogen) atoms. The lowest BCUT2D eigenvalue weighted by Crippen LogP contribution is -2.36. The molecule has 0 unspecified atom stereocenters. The Morgan fingerprint density at radius 3 is 2.38 bits per heavy atom. The second kappa shape index (κ2) is 11.9. The van der Waals surface area contributed by atoms with E-state index in [0.29, 0.717) is 29.5 Å². The Kier molecular flexibility index (Phi) is 8.68. The van der Waals surface area contributed by atoms with Crippen LogP contribution in [0.4, 0.5) is 11.6 Å². The van der Waals surface area contributed by atoms with Gasteiger partial charge >= 0.3 is 0 Å². The van der Waals surface area contributed by atoms with Gasteiger partial charge in [-0.1, -0.05) is 35.9 Å². The Hall–Kier alpha value is -3.14. The van der Waals surface area contributed by atoms with Crippen molar-refractivity contribution in [2.75, 3.05) is 31.2 Å². The van der Waals surface area contributed by atoms with Crippen molar-refractivity contribution >= 4 is 45.4 Å². The van der Waals surface area contributed by atoms with E-state index in [4.69, 9.17) is 16.3 Å². The summed E-state index contributed by atoms with van der Waals surface area (Å²) in [4.78, 5) is 11.3. The monoisotopic (exact) mass is 541 g/mol. The maximum atomic E-state index is 12.7. The van der Waals surface area contributed by atoms with Crippen LogP contribution in [0.1, 0.15) is 36.8 Å². The fraction of sp³-hybridized carbons (Fsp3) is 0.333. The molecule has 1 aromatic heterocycles. The predicted octanol–water partition coefficient (Wildman–Crippen LogP) is 5.39. The van der Waals surface area contributed by atoms with Crippen LogP contribution in [0.15, 0.2) is 59.8 Å². The molecule has 1 saturated carbocycles. The predicted molar refractivity (Wildman–Crippen MR) is 150 cm³/mol. The number of rotatable bonds is 9. The Labute approximate surface area is 223 Å². The summed E-state index contributed by atoms with van der Waals surface area (Å²) >= 11 is 6.06. The molecule has 8 nitrogen and oxygen atoms in total. The van der Waals surface area contributed by atoms with E-state index in [-0.39, 0.29) is 9.92 Å². The smallest absolute Gasteiger partial charge is 0.263 e. The fourth-order valence-electron chi connectivity index (χ4n) is 4.39. The maximum Gasteiger partial charge on any atom is 0.263 e. The third-order valence-electron chi connectivity index (χ3n) is 6.50. The molecule has 3 aromatic rings. The van der Waals surface area contributed by atoms with Crippen molar-refractivity contribution in [3.8, 4) is 5.75 Å². The van der Waals surface area contributed by atoms with E-state index in [2.05, 4.69) is 39.0 Å². The zero-order valence-corrected chi connectivity index (χ0v) is 22.8. The molecular weight excluding hydrogens is 510 g/mol. The Morgan fingerprint density at radius 2 is 1.73 bits per heavy atom. The Bertz CT molecular complexity index is 1340. The van der Waals surface area contributed by atoms with Crippen molar-refractivity contribution in [1.29, 1.82) is 0 Å². The minimum absolute atomic E-state index is 0.0128. The summed E-state index contributed by atoms with van der Waals surface area (Å²) in [6, 6.07) is 12.4. The first kappa shape index (κ1) is 26.9. The summed E-state index contributed by atoms with van der Waals surface area (Å²) in [6.07, 6.45) is 11.9. The average molecular weight is 542 g/mol. The van der Waals surface area contributed by atoms with Gasteiger partial charge in [-0.05, 0) is 64.0 Å². The number of hydrogen-bond donors (Lipinski definition) is 2. The van der Waals surface area contributed by atoms with Crippen LogP contribution in [0.5, 0.6) is 5.75 Å². The normalized spacial score (nSPS) is 18.2. The van der Waals surface area contributed by atoms with Crippen molar-refractivity contribution in [1.82, 2.24) is 14.9 Å². The fourth-order valence-corrected chi connectivity index (χ4v) is 5.96. The highest BCUT2D eigenvalue weighted by Gasteiger charge is 2.22. The number of halogens is 1. The first-order valence-electron chi connectivity index (χ1n) is 12.1. The van der Waals surface area contributed by atoms with Crippen LogP contribution in [0.2, 0.25) is 5.02 Å². The van der Waals surface area contributed by atoms with Crippen LogP contribution in [0, 0.1) is 0 Å². The molecule has 0 atom stereocenters. The second-order valence-corrected chi connectivity index (χ2v) is 11.3. The van der Waals surface area contributed by atoms with Gasteiger partial charge in [0.1, 0.15) is 10.6 Å². The van der Waals surface area contributed by atoms with E-state index in [9.17, 15) is 8.42 Å². The van der Waals surface area contributed by atoms with Gasteiger partial charge in [0.2, 0.25) is 5.95 Å². The minimum atomic E-state index is -3.84. The first-order chi connectivity index (χ1) is 17.7. The van der Waals surface area contributed by atoms with Crippen LogP contribution >= 0.6 is 11.6 Å². The number of aromatic nitrogens is 2. The number of nitrogens with zero attached hydrogens (tertiary/aromatic N) is 3. The number of ether oxygens (including phenoxy) is 1. The van der Waals surface area contributed by atoms with Crippen LogP contribution in [-0.2, 0) is 10.0 Å². The highest BCUT2D eigenvalue weighted by Crippen LogP contribution is 2.29. The Morgan fingerprint density at radius 1 is 1.03 bits per heavy atom. The van der Waals surface area contributed by atoms with Gasteiger partial charge in [0.25, 0.3) is 10.0 Å². The van der Waals surface area contributed by atoms with Crippen molar-refractivity contribution in [3.63, 3.8) is 0 Å². The summed E-state index contributed by atoms with van der Waals surface area (Å²) in [7, 11) is 1.98. The third-order valence-corrected chi connectivity index (χ3v) is 8.38. The Balaban J connectivity index is 1.39. The van der Waals surface area contributed by atoms with E-state index >= 15 is 0 Å². The largest absolute Gasteiger partial charge is 0.496 e. The molecule has 0 amide bonds. The van der Waals surface area contributed by atoms with E-state index in [0.717, 1.165) is 24.0 Å². The first-order valence-corrected chi connectivity index (χ1v) is 14.0. The van der Waals surface area contributed by atoms with E-state index in [1.165, 1.54) is 32.1 Å². The molecule has 10 heteroatoms. The molecule has 0 spiro atoms. The molecule has 0 radical (unpaired) electrons. The summed E-state index contributed by atoms with van der Waals surface area (Å²) in [5.74, 6) is 1.15. The second-order valence-electron chi connectivity index (χ2n) is 9.28. The van der Waals surface area contributed by atoms with Gasteiger partial charge in [-0.2, -0.15) is 0 Å². The van der Waals surface area contributed by atoms with Gasteiger partial charge in [-0.15, -0.1) is 0 Å². The van der Waals surface area contributed by atoms with Crippen molar-refractivity contribution in [2.45, 2.75) is 42.7 Å². The van der Waals surface area contributed by atoms with Gasteiger partial charge in [-0.25, -0.2) is 18.4 Å². The highest BCUT2D eigenvalue weighted by molar-refractivity contribution is 7.92. The molecule has 4 rings (SSSR count). The average Bonchev–Trinajstić information content (AvgIpc) is 2.89. The van der Waals surface area contributed by atoms with Crippen molar-refractivity contribution in [2.24, 2.45) is 0 Å². The number of anilines is 2. The number of methoxy groups -OCH3 is 1. The molecule has 1 heterocycles. The van der Waals surface area contributed by atoms with Gasteiger partial charge in [-0.3, -0.25) is 4.72 Å². The van der Waals surface area contributed by atoms with Gasteiger partial charge < -0.3 is 15.0 Å². The van der Waals surface area contributed by atoms with Crippen molar-refractivity contribution < 1.29 is 13.2 Å². The topological polar surface area (TPSA) is 96.4 Å². The lowest BCUT2D eigenvalue weighted by atomic mass is 9.91. The van der Waals surface area contributed by atoms with Crippen LogP contribution in [0.3, 0.4) is 0 Å². The summed E-state index contributed by atoms with van der Waals surface area (Å²) < 4.78 is 33.5. The molecule has 1 aliphatic carbocycles. The van der Waals surface area contributed by atoms with Gasteiger partial charge in [0, 0.05) is 41.7 Å². The highest BCUT2D eigenvalue weighted by atomic mass is 35.5. The molecule has 2 aromatic carbocycles. The third kappa shape index (κ3) is 7.00. The van der Waals surface area contributed by atoms with Crippen LogP contribution in [-0.4, -0.2) is 56.6 Å². The minimum Gasteiger partial charge on any atom is -0.496 e. The lowest BCUT2D eigenvalue weighted by Gasteiger charge is -2.32. The summed E-state index contributed by atoms with van der Waals surface area (Å²) in [5.41, 5.74) is 1.99. The quantitative estimate of drug-likeness (QED) is 0.374. The number of hydrogen-bond acceptors (Lipinski definition) is 7. The standard InChI is InChI=1S/C27H32ClN5O3S/c1-33(2)23-14-12-21(13-15-23)31-27-29-17-19(18-30-27)8-9-20-10-11-22(16-25(20)36-3)32-37(34,35)26-7-5-4-6-24(26)28/h4-11,16-18,21,23,32H,12-15H2,1-3H3,(H,29,30,31)/b9-8+.